The molecule has 3 heterocycles. The SMILES string of the molecule is COc1ccc([C@@H]2Oc3ccccc3[C@@H]3CC(c4cccs4)=NN32)c2ccccc12. The molecule has 5 heteroatoms. The summed E-state index contributed by atoms with van der Waals surface area (Å²) in [7, 11) is 1.71. The molecule has 0 saturated heterocycles. The van der Waals surface area contributed by atoms with Crippen LogP contribution in [-0.4, -0.2) is 17.8 Å². The summed E-state index contributed by atoms with van der Waals surface area (Å²) in [5.74, 6) is 1.80. The van der Waals surface area contributed by atoms with Crippen molar-refractivity contribution in [2.75, 3.05) is 7.11 Å². The van der Waals surface area contributed by atoms with Gasteiger partial charge in [-0.25, -0.2) is 5.01 Å². The number of hydrazone groups is 1. The molecule has 4 aromatic rings. The van der Waals surface area contributed by atoms with Crippen LogP contribution < -0.4 is 9.47 Å². The van der Waals surface area contributed by atoms with E-state index in [-0.39, 0.29) is 12.3 Å². The molecule has 30 heavy (non-hydrogen) atoms. The van der Waals surface area contributed by atoms with E-state index in [1.807, 2.05) is 18.2 Å². The van der Waals surface area contributed by atoms with Crippen LogP contribution in [0.2, 0.25) is 0 Å². The molecule has 0 unspecified atom stereocenters. The Hall–Kier alpha value is -3.31. The molecule has 0 amide bonds. The van der Waals surface area contributed by atoms with E-state index in [4.69, 9.17) is 14.6 Å². The second kappa shape index (κ2) is 6.89. The van der Waals surface area contributed by atoms with Crippen molar-refractivity contribution >= 4 is 27.8 Å². The van der Waals surface area contributed by atoms with E-state index in [9.17, 15) is 0 Å². The van der Waals surface area contributed by atoms with E-state index in [1.165, 1.54) is 10.4 Å². The summed E-state index contributed by atoms with van der Waals surface area (Å²) in [6.45, 7) is 0. The number of hydrogen-bond acceptors (Lipinski definition) is 5. The zero-order valence-electron chi connectivity index (χ0n) is 16.5. The van der Waals surface area contributed by atoms with Gasteiger partial charge in [-0.2, -0.15) is 5.10 Å². The Kier molecular flexibility index (Phi) is 4.03. The van der Waals surface area contributed by atoms with Crippen molar-refractivity contribution in [1.29, 1.82) is 0 Å². The van der Waals surface area contributed by atoms with Gasteiger partial charge in [-0.1, -0.05) is 48.5 Å². The van der Waals surface area contributed by atoms with Gasteiger partial charge in [0.05, 0.1) is 23.7 Å². The highest BCUT2D eigenvalue weighted by atomic mass is 32.1. The summed E-state index contributed by atoms with van der Waals surface area (Å²) in [5, 5.41) is 11.5. The molecule has 0 fully saturated rings. The minimum Gasteiger partial charge on any atom is -0.496 e. The molecule has 0 aliphatic carbocycles. The first-order valence-corrected chi connectivity index (χ1v) is 10.9. The van der Waals surface area contributed by atoms with Crippen LogP contribution in [0.5, 0.6) is 11.5 Å². The third-order valence-electron chi connectivity index (χ3n) is 5.91. The van der Waals surface area contributed by atoms with E-state index in [0.29, 0.717) is 0 Å². The zero-order chi connectivity index (χ0) is 20.1. The van der Waals surface area contributed by atoms with Crippen molar-refractivity contribution in [2.45, 2.75) is 18.7 Å². The van der Waals surface area contributed by atoms with Crippen molar-refractivity contribution in [3.8, 4) is 11.5 Å². The predicted molar refractivity (Wildman–Crippen MR) is 120 cm³/mol. The minimum absolute atomic E-state index is 0.165. The average molecular weight is 413 g/mol. The Labute approximate surface area is 179 Å². The maximum atomic E-state index is 6.56. The summed E-state index contributed by atoms with van der Waals surface area (Å²) < 4.78 is 12.2. The normalized spacial score (nSPS) is 19.8. The Balaban J connectivity index is 1.53. The second-order valence-electron chi connectivity index (χ2n) is 7.53. The lowest BCUT2D eigenvalue weighted by Crippen LogP contribution is -2.33. The quantitative estimate of drug-likeness (QED) is 0.405. The number of methoxy groups -OCH3 is 1. The molecule has 4 nitrogen and oxygen atoms in total. The molecule has 6 rings (SSSR count). The van der Waals surface area contributed by atoms with Crippen LogP contribution in [0.15, 0.2) is 83.3 Å². The summed E-state index contributed by atoms with van der Waals surface area (Å²) in [6.07, 6.45) is 0.587. The van der Waals surface area contributed by atoms with E-state index in [0.717, 1.165) is 40.0 Å². The van der Waals surface area contributed by atoms with Gasteiger partial charge in [-0.05, 0) is 35.0 Å². The first kappa shape index (κ1) is 17.5. The Morgan fingerprint density at radius 3 is 2.60 bits per heavy atom. The molecule has 0 saturated carbocycles. The predicted octanol–water partition coefficient (Wildman–Crippen LogP) is 6.15. The highest BCUT2D eigenvalue weighted by Crippen LogP contribution is 2.49. The van der Waals surface area contributed by atoms with Gasteiger partial charge in [0.2, 0.25) is 6.23 Å². The number of para-hydroxylation sites is 1. The fraction of sp³-hybridized carbons (Fsp3) is 0.160. The summed E-state index contributed by atoms with van der Waals surface area (Å²) >= 11 is 1.74. The van der Waals surface area contributed by atoms with Crippen LogP contribution >= 0.6 is 11.3 Å². The van der Waals surface area contributed by atoms with Crippen LogP contribution in [0.1, 0.15) is 34.7 Å². The number of rotatable bonds is 3. The van der Waals surface area contributed by atoms with E-state index < -0.39 is 0 Å². The molecule has 0 spiro atoms. The highest BCUT2D eigenvalue weighted by molar-refractivity contribution is 7.12. The van der Waals surface area contributed by atoms with E-state index >= 15 is 0 Å². The molecular weight excluding hydrogens is 392 g/mol. The van der Waals surface area contributed by atoms with Crippen molar-refractivity contribution in [3.05, 3.63) is 94.2 Å². The Morgan fingerprint density at radius 1 is 0.933 bits per heavy atom. The van der Waals surface area contributed by atoms with Gasteiger partial charge in [0.15, 0.2) is 0 Å². The van der Waals surface area contributed by atoms with Crippen LogP contribution in [-0.2, 0) is 0 Å². The maximum absolute atomic E-state index is 6.56. The number of benzene rings is 3. The molecule has 0 bridgehead atoms. The van der Waals surface area contributed by atoms with Gasteiger partial charge in [0.25, 0.3) is 0 Å². The first-order chi connectivity index (χ1) is 14.8. The average Bonchev–Trinajstić information content (AvgIpc) is 3.48. The smallest absolute Gasteiger partial charge is 0.214 e. The van der Waals surface area contributed by atoms with Gasteiger partial charge in [-0.15, -0.1) is 11.3 Å². The summed E-state index contributed by atoms with van der Waals surface area (Å²) in [5.41, 5.74) is 3.42. The lowest BCUT2D eigenvalue weighted by Gasteiger charge is -2.38. The van der Waals surface area contributed by atoms with Crippen molar-refractivity contribution in [1.82, 2.24) is 5.01 Å². The van der Waals surface area contributed by atoms with Gasteiger partial charge in [0, 0.05) is 22.9 Å². The number of ether oxygens (including phenoxy) is 2. The van der Waals surface area contributed by atoms with Crippen LogP contribution in [0.4, 0.5) is 0 Å². The maximum Gasteiger partial charge on any atom is 0.214 e. The van der Waals surface area contributed by atoms with Crippen LogP contribution in [0.3, 0.4) is 0 Å². The molecule has 0 radical (unpaired) electrons. The van der Waals surface area contributed by atoms with Crippen molar-refractivity contribution in [3.63, 3.8) is 0 Å². The molecule has 2 aliphatic heterocycles. The largest absolute Gasteiger partial charge is 0.496 e. The van der Waals surface area contributed by atoms with E-state index in [1.54, 1.807) is 18.4 Å². The van der Waals surface area contributed by atoms with Crippen LogP contribution in [0, 0.1) is 0 Å². The zero-order valence-corrected chi connectivity index (χ0v) is 17.3. The molecule has 148 valence electrons. The molecule has 2 aliphatic rings. The second-order valence-corrected chi connectivity index (χ2v) is 8.48. The summed E-state index contributed by atoms with van der Waals surface area (Å²) in [4.78, 5) is 1.22. The molecule has 3 aromatic carbocycles. The Bertz CT molecular complexity index is 1270. The van der Waals surface area contributed by atoms with E-state index in [2.05, 4.69) is 65.0 Å². The molecular formula is C25H20N2O2S. The molecule has 1 aromatic heterocycles. The monoisotopic (exact) mass is 412 g/mol. The van der Waals surface area contributed by atoms with Gasteiger partial charge in [-0.3, -0.25) is 0 Å². The summed E-state index contributed by atoms with van der Waals surface area (Å²) in [6, 6.07) is 25.2. The standard InChI is InChI=1S/C25H20N2O2S/c1-28-22-13-12-18(16-7-2-3-8-17(16)22)25-27-21(19-9-4-5-10-23(19)29-25)15-20(26-27)24-11-6-14-30-24/h2-14,21,25H,15H2,1H3/t21-,25-/m0/s1. The minimum atomic E-state index is -0.293. The van der Waals surface area contributed by atoms with Gasteiger partial charge in [0.1, 0.15) is 11.5 Å². The molecule has 2 atom stereocenters. The van der Waals surface area contributed by atoms with Gasteiger partial charge >= 0.3 is 0 Å². The Morgan fingerprint density at radius 2 is 1.77 bits per heavy atom. The van der Waals surface area contributed by atoms with Gasteiger partial charge < -0.3 is 9.47 Å². The topological polar surface area (TPSA) is 34.1 Å². The number of nitrogens with zero attached hydrogens (tertiary/aromatic N) is 2. The fourth-order valence-corrected chi connectivity index (χ4v) is 5.24. The first-order valence-electron chi connectivity index (χ1n) is 10.0. The lowest BCUT2D eigenvalue weighted by molar-refractivity contribution is -0.0180. The molecule has 0 N–H and O–H groups in total. The fourth-order valence-electron chi connectivity index (χ4n) is 4.52. The van der Waals surface area contributed by atoms with Crippen molar-refractivity contribution < 1.29 is 9.47 Å². The number of fused-ring (bicyclic) bond motifs is 4. The number of hydrogen-bond donors (Lipinski definition) is 0. The third kappa shape index (κ3) is 2.62. The lowest BCUT2D eigenvalue weighted by atomic mass is 9.96. The third-order valence-corrected chi connectivity index (χ3v) is 6.83. The number of thiophene rings is 1. The van der Waals surface area contributed by atoms with Crippen molar-refractivity contribution in [2.24, 2.45) is 5.10 Å². The highest BCUT2D eigenvalue weighted by Gasteiger charge is 2.41. The van der Waals surface area contributed by atoms with Crippen LogP contribution in [0.25, 0.3) is 10.8 Å².